The van der Waals surface area contributed by atoms with Gasteiger partial charge in [0.2, 0.25) is 0 Å². The second kappa shape index (κ2) is 6.30. The Bertz CT molecular complexity index is 320. The summed E-state index contributed by atoms with van der Waals surface area (Å²) in [5.41, 5.74) is 2.52. The zero-order chi connectivity index (χ0) is 11.1. The minimum atomic E-state index is 0.960. The molecular formula is C12H20N2Si. The number of nitrogens with one attached hydrogen (secondary N) is 2. The molecule has 1 rings (SSSR count). The molecule has 0 radical (unpaired) electrons. The lowest BCUT2D eigenvalue weighted by molar-refractivity contribution is 0.871. The van der Waals surface area contributed by atoms with Gasteiger partial charge in [-0.25, -0.2) is 0 Å². The summed E-state index contributed by atoms with van der Waals surface area (Å²) in [6.45, 7) is 6.21. The lowest BCUT2D eigenvalue weighted by atomic mass is 10.1. The van der Waals surface area contributed by atoms with Crippen molar-refractivity contribution in [3.8, 4) is 0 Å². The zero-order valence-electron chi connectivity index (χ0n) is 9.80. The summed E-state index contributed by atoms with van der Waals surface area (Å²) < 4.78 is 0. The maximum atomic E-state index is 3.44. The van der Waals surface area contributed by atoms with Gasteiger partial charge < -0.3 is 10.6 Å². The van der Waals surface area contributed by atoms with Gasteiger partial charge in [0.05, 0.1) is 15.9 Å². The molecule has 0 aromatic heterocycles. The summed E-state index contributed by atoms with van der Waals surface area (Å²) in [6, 6.07) is 10.5. The Morgan fingerprint density at radius 1 is 1.07 bits per heavy atom. The van der Waals surface area contributed by atoms with Crippen molar-refractivity contribution in [2.24, 2.45) is 0 Å². The van der Waals surface area contributed by atoms with E-state index in [1.54, 1.807) is 0 Å². The van der Waals surface area contributed by atoms with Gasteiger partial charge in [-0.15, -0.1) is 0 Å². The van der Waals surface area contributed by atoms with Gasteiger partial charge in [-0.3, -0.25) is 0 Å². The number of hydrogen-bond donors (Lipinski definition) is 2. The third kappa shape index (κ3) is 3.44. The molecule has 0 saturated heterocycles. The van der Waals surface area contributed by atoms with Crippen LogP contribution in [0.5, 0.6) is 0 Å². The average Bonchev–Trinajstić information content (AvgIpc) is 2.27. The van der Waals surface area contributed by atoms with Crippen LogP contribution in [-0.2, 0) is 0 Å². The molecule has 1 aromatic carbocycles. The Morgan fingerprint density at radius 3 is 2.20 bits per heavy atom. The fourth-order valence-corrected chi connectivity index (χ4v) is 2.41. The third-order valence-corrected chi connectivity index (χ3v) is 3.09. The van der Waals surface area contributed by atoms with Gasteiger partial charge in [-0.05, 0) is 19.4 Å². The zero-order valence-corrected chi connectivity index (χ0v) is 11.8. The van der Waals surface area contributed by atoms with Gasteiger partial charge in [0.15, 0.2) is 0 Å². The van der Waals surface area contributed by atoms with Crippen LogP contribution in [0.3, 0.4) is 0 Å². The summed E-state index contributed by atoms with van der Waals surface area (Å²) in [7, 11) is 1.04. The van der Waals surface area contributed by atoms with Crippen molar-refractivity contribution < 1.29 is 0 Å². The van der Waals surface area contributed by atoms with E-state index in [0.717, 1.165) is 23.3 Å². The van der Waals surface area contributed by atoms with Crippen molar-refractivity contribution in [3.63, 3.8) is 0 Å². The van der Waals surface area contributed by atoms with E-state index in [4.69, 9.17) is 0 Å². The van der Waals surface area contributed by atoms with Crippen molar-refractivity contribution >= 4 is 15.9 Å². The summed E-state index contributed by atoms with van der Waals surface area (Å²) in [4.78, 5) is 0. The molecule has 0 amide bonds. The average molecular weight is 220 g/mol. The van der Waals surface area contributed by atoms with E-state index in [0.29, 0.717) is 0 Å². The summed E-state index contributed by atoms with van der Waals surface area (Å²) >= 11 is 0. The highest BCUT2D eigenvalue weighted by molar-refractivity contribution is 6.24. The first-order valence-electron chi connectivity index (χ1n) is 5.53. The highest BCUT2D eigenvalue weighted by Gasteiger charge is 2.02. The van der Waals surface area contributed by atoms with E-state index in [2.05, 4.69) is 48.7 Å². The smallest absolute Gasteiger partial charge is 0.0615 e. The monoisotopic (exact) mass is 220 g/mol. The van der Waals surface area contributed by atoms with Crippen LogP contribution in [0.4, 0.5) is 0 Å². The lowest BCUT2D eigenvalue weighted by Gasteiger charge is -2.15. The Labute approximate surface area is 95.2 Å². The Hall–Kier alpha value is -1.22. The quantitative estimate of drug-likeness (QED) is 0.721. The first-order valence-corrected chi connectivity index (χ1v) is 6.53. The molecule has 0 saturated carbocycles. The Balaban J connectivity index is 2.97. The van der Waals surface area contributed by atoms with Crippen LogP contribution in [0.1, 0.15) is 19.4 Å². The summed E-state index contributed by atoms with van der Waals surface area (Å²) in [5.74, 6) is 0. The second-order valence-electron chi connectivity index (χ2n) is 3.43. The van der Waals surface area contributed by atoms with Crippen molar-refractivity contribution in [1.82, 2.24) is 10.6 Å². The molecule has 0 heterocycles. The van der Waals surface area contributed by atoms with Gasteiger partial charge >= 0.3 is 0 Å². The third-order valence-electron chi connectivity index (χ3n) is 2.23. The molecule has 0 atom stereocenters. The van der Waals surface area contributed by atoms with Gasteiger partial charge in [0.25, 0.3) is 0 Å². The molecule has 0 unspecified atom stereocenters. The van der Waals surface area contributed by atoms with Crippen LogP contribution < -0.4 is 10.6 Å². The summed E-state index contributed by atoms with van der Waals surface area (Å²) in [6.07, 6.45) is 0. The lowest BCUT2D eigenvalue weighted by Crippen LogP contribution is -2.21. The molecule has 1 aromatic rings. The standard InChI is InChI=1S/C12H20N2Si/c1-3-13-11(12(15)14-4-2)10-8-6-5-7-9-10/h5-9,13-14H,3-4H2,1-2,15H3. The highest BCUT2D eigenvalue weighted by Crippen LogP contribution is 2.12. The number of hydrogen-bond acceptors (Lipinski definition) is 2. The van der Waals surface area contributed by atoms with E-state index in [1.807, 2.05) is 6.07 Å². The van der Waals surface area contributed by atoms with Crippen molar-refractivity contribution in [2.75, 3.05) is 13.1 Å². The first-order chi connectivity index (χ1) is 7.29. The predicted octanol–water partition coefficient (Wildman–Crippen LogP) is 0.897. The SMILES string of the molecule is CCNC([SiH3])=C(NCC)c1ccccc1. The largest absolute Gasteiger partial charge is 0.391 e. The molecular weight excluding hydrogens is 200 g/mol. The molecule has 0 aliphatic rings. The van der Waals surface area contributed by atoms with Crippen LogP contribution in [0, 0.1) is 0 Å². The molecule has 15 heavy (non-hydrogen) atoms. The van der Waals surface area contributed by atoms with Gasteiger partial charge in [0, 0.05) is 18.4 Å². The van der Waals surface area contributed by atoms with Crippen LogP contribution in [0.15, 0.2) is 35.7 Å². The van der Waals surface area contributed by atoms with Crippen molar-refractivity contribution in [1.29, 1.82) is 0 Å². The van der Waals surface area contributed by atoms with Crippen LogP contribution in [0.25, 0.3) is 5.70 Å². The fourth-order valence-electron chi connectivity index (χ4n) is 1.59. The minimum absolute atomic E-state index is 0.960. The molecule has 0 aliphatic heterocycles. The van der Waals surface area contributed by atoms with E-state index < -0.39 is 0 Å². The van der Waals surface area contributed by atoms with Crippen molar-refractivity contribution in [3.05, 3.63) is 41.2 Å². The van der Waals surface area contributed by atoms with E-state index >= 15 is 0 Å². The molecule has 0 spiro atoms. The number of rotatable bonds is 5. The second-order valence-corrected chi connectivity index (χ2v) is 4.43. The van der Waals surface area contributed by atoms with Gasteiger partial charge in [-0.2, -0.15) is 0 Å². The summed E-state index contributed by atoms with van der Waals surface area (Å²) in [5, 5.41) is 8.18. The molecule has 0 fully saturated rings. The molecule has 3 heteroatoms. The van der Waals surface area contributed by atoms with Crippen LogP contribution in [-0.4, -0.2) is 23.3 Å². The molecule has 2 nitrogen and oxygen atoms in total. The van der Waals surface area contributed by atoms with E-state index in [9.17, 15) is 0 Å². The van der Waals surface area contributed by atoms with Crippen molar-refractivity contribution in [2.45, 2.75) is 13.8 Å². The maximum absolute atomic E-state index is 3.44. The fraction of sp³-hybridized carbons (Fsp3) is 0.333. The van der Waals surface area contributed by atoms with Crippen LogP contribution >= 0.6 is 0 Å². The predicted molar refractivity (Wildman–Crippen MR) is 70.7 cm³/mol. The first kappa shape index (κ1) is 11.8. The van der Waals surface area contributed by atoms with Crippen LogP contribution in [0.2, 0.25) is 0 Å². The maximum Gasteiger partial charge on any atom is 0.0615 e. The molecule has 82 valence electrons. The molecule has 2 N–H and O–H groups in total. The highest BCUT2D eigenvalue weighted by atomic mass is 28.1. The number of benzene rings is 1. The molecule has 0 aliphatic carbocycles. The van der Waals surface area contributed by atoms with Gasteiger partial charge in [-0.1, -0.05) is 30.3 Å². The van der Waals surface area contributed by atoms with Gasteiger partial charge in [0.1, 0.15) is 0 Å². The minimum Gasteiger partial charge on any atom is -0.391 e. The Morgan fingerprint density at radius 2 is 1.67 bits per heavy atom. The molecule has 0 bridgehead atoms. The topological polar surface area (TPSA) is 24.1 Å². The van der Waals surface area contributed by atoms with E-state index in [1.165, 1.54) is 16.6 Å². The Kier molecular flexibility index (Phi) is 4.97. The van der Waals surface area contributed by atoms with E-state index in [-0.39, 0.29) is 0 Å². The normalized spacial score (nSPS) is 12.1.